The second kappa shape index (κ2) is 6.78. The lowest BCUT2D eigenvalue weighted by molar-refractivity contribution is -0.115. The molecule has 3 rings (SSSR count). The van der Waals surface area contributed by atoms with E-state index < -0.39 is 0 Å². The number of hydrogen-bond donors (Lipinski definition) is 1. The Morgan fingerprint density at radius 1 is 1.22 bits per heavy atom. The number of para-hydroxylation sites is 2. The minimum Gasteiger partial charge on any atom is -0.360 e. The largest absolute Gasteiger partial charge is 0.360 e. The number of thioether (sulfide) groups is 1. The van der Waals surface area contributed by atoms with Gasteiger partial charge in [-0.2, -0.15) is 0 Å². The number of aryl methyl sites for hydroxylation is 2. The third-order valence-corrected chi connectivity index (χ3v) is 4.23. The van der Waals surface area contributed by atoms with Crippen molar-refractivity contribution in [3.63, 3.8) is 0 Å². The average Bonchev–Trinajstić information content (AvgIpc) is 2.92. The lowest BCUT2D eigenvalue weighted by Gasteiger charge is -2.06. The summed E-state index contributed by atoms with van der Waals surface area (Å²) >= 11 is 1.53. The number of rotatable bonds is 5. The first-order chi connectivity index (χ1) is 11.1. The van der Waals surface area contributed by atoms with Crippen LogP contribution in [0.4, 0.5) is 5.82 Å². The molecule has 0 spiro atoms. The summed E-state index contributed by atoms with van der Waals surface area (Å²) < 4.78 is 4.91. The minimum atomic E-state index is -0.0998. The van der Waals surface area contributed by atoms with Crippen LogP contribution >= 0.6 is 11.8 Å². The van der Waals surface area contributed by atoms with Crippen molar-refractivity contribution >= 4 is 34.5 Å². The lowest BCUT2D eigenvalue weighted by atomic mass is 10.3. The highest BCUT2D eigenvalue weighted by Gasteiger charge is 2.09. The van der Waals surface area contributed by atoms with E-state index in [9.17, 15) is 4.79 Å². The molecule has 3 aromatic rings. The number of carbonyl (C=O) groups excluding carboxylic acids is 1. The molecule has 7 heteroatoms. The van der Waals surface area contributed by atoms with Gasteiger partial charge in [0, 0.05) is 18.2 Å². The van der Waals surface area contributed by atoms with Crippen LogP contribution in [0.25, 0.3) is 11.0 Å². The maximum atomic E-state index is 11.9. The second-order valence-electron chi connectivity index (χ2n) is 5.07. The number of nitrogens with zero attached hydrogens (tertiary/aromatic N) is 3. The first-order valence-corrected chi connectivity index (χ1v) is 8.20. The number of hydrogen-bond acceptors (Lipinski definition) is 6. The minimum absolute atomic E-state index is 0.0998. The SMILES string of the molecule is Cc1cc(NC(=O)CCSc2nc3ccccc3nc2C)no1. The van der Waals surface area contributed by atoms with Crippen molar-refractivity contribution in [2.24, 2.45) is 0 Å². The number of carbonyl (C=O) groups is 1. The van der Waals surface area contributed by atoms with Crippen molar-refractivity contribution in [3.05, 3.63) is 41.8 Å². The topological polar surface area (TPSA) is 80.9 Å². The summed E-state index contributed by atoms with van der Waals surface area (Å²) in [6, 6.07) is 9.44. The summed E-state index contributed by atoms with van der Waals surface area (Å²) in [7, 11) is 0. The van der Waals surface area contributed by atoms with Gasteiger partial charge in [-0.1, -0.05) is 17.3 Å². The number of amides is 1. The van der Waals surface area contributed by atoms with E-state index in [-0.39, 0.29) is 5.91 Å². The normalized spacial score (nSPS) is 10.9. The fourth-order valence-corrected chi connectivity index (χ4v) is 2.98. The van der Waals surface area contributed by atoms with E-state index in [0.29, 0.717) is 23.8 Å². The molecular weight excluding hydrogens is 312 g/mol. The molecule has 0 unspecified atom stereocenters. The van der Waals surface area contributed by atoms with Gasteiger partial charge in [-0.15, -0.1) is 11.8 Å². The molecule has 0 atom stereocenters. The van der Waals surface area contributed by atoms with Crippen molar-refractivity contribution < 1.29 is 9.32 Å². The Bertz CT molecular complexity index is 847. The van der Waals surface area contributed by atoms with Crippen LogP contribution in [0.5, 0.6) is 0 Å². The highest BCUT2D eigenvalue weighted by atomic mass is 32.2. The molecule has 0 aliphatic heterocycles. The molecule has 23 heavy (non-hydrogen) atoms. The van der Waals surface area contributed by atoms with Gasteiger partial charge in [0.25, 0.3) is 0 Å². The van der Waals surface area contributed by atoms with E-state index >= 15 is 0 Å². The van der Waals surface area contributed by atoms with Gasteiger partial charge in [-0.05, 0) is 26.0 Å². The van der Waals surface area contributed by atoms with Crippen LogP contribution in [0, 0.1) is 13.8 Å². The maximum Gasteiger partial charge on any atom is 0.226 e. The van der Waals surface area contributed by atoms with Gasteiger partial charge in [0.15, 0.2) is 5.82 Å². The molecule has 0 bridgehead atoms. The monoisotopic (exact) mass is 328 g/mol. The van der Waals surface area contributed by atoms with Gasteiger partial charge < -0.3 is 9.84 Å². The van der Waals surface area contributed by atoms with E-state index in [4.69, 9.17) is 4.52 Å². The van der Waals surface area contributed by atoms with Crippen molar-refractivity contribution in [1.29, 1.82) is 0 Å². The Kier molecular flexibility index (Phi) is 4.57. The van der Waals surface area contributed by atoms with Crippen molar-refractivity contribution in [3.8, 4) is 0 Å². The molecule has 1 amide bonds. The van der Waals surface area contributed by atoms with Crippen LogP contribution in [0.3, 0.4) is 0 Å². The van der Waals surface area contributed by atoms with Crippen molar-refractivity contribution in [2.75, 3.05) is 11.1 Å². The van der Waals surface area contributed by atoms with Gasteiger partial charge in [0.2, 0.25) is 5.91 Å². The summed E-state index contributed by atoms with van der Waals surface area (Å²) in [4.78, 5) is 21.0. The molecule has 6 nitrogen and oxygen atoms in total. The van der Waals surface area contributed by atoms with Crippen LogP contribution in [0.1, 0.15) is 17.9 Å². The highest BCUT2D eigenvalue weighted by molar-refractivity contribution is 7.99. The molecule has 1 aromatic carbocycles. The van der Waals surface area contributed by atoms with Crippen LogP contribution in [-0.4, -0.2) is 26.8 Å². The number of nitrogens with one attached hydrogen (secondary N) is 1. The third kappa shape index (κ3) is 3.87. The zero-order valence-electron chi connectivity index (χ0n) is 12.9. The van der Waals surface area contributed by atoms with Crippen LogP contribution in [0.15, 0.2) is 39.9 Å². The predicted octanol–water partition coefficient (Wildman–Crippen LogP) is 3.36. The van der Waals surface area contributed by atoms with Crippen molar-refractivity contribution in [2.45, 2.75) is 25.3 Å². The fourth-order valence-electron chi connectivity index (χ4n) is 2.08. The van der Waals surface area contributed by atoms with Crippen LogP contribution in [0.2, 0.25) is 0 Å². The van der Waals surface area contributed by atoms with E-state index in [1.165, 1.54) is 11.8 Å². The Morgan fingerprint density at radius 2 is 1.96 bits per heavy atom. The fraction of sp³-hybridized carbons (Fsp3) is 0.250. The van der Waals surface area contributed by atoms with Crippen LogP contribution < -0.4 is 5.32 Å². The zero-order valence-corrected chi connectivity index (χ0v) is 13.7. The summed E-state index contributed by atoms with van der Waals surface area (Å²) in [6.45, 7) is 3.71. The summed E-state index contributed by atoms with van der Waals surface area (Å²) in [5, 5.41) is 7.29. The van der Waals surface area contributed by atoms with E-state index in [0.717, 1.165) is 21.8 Å². The molecule has 118 valence electrons. The highest BCUT2D eigenvalue weighted by Crippen LogP contribution is 2.22. The van der Waals surface area contributed by atoms with Gasteiger partial charge in [-0.3, -0.25) is 4.79 Å². The molecule has 1 N–H and O–H groups in total. The summed E-state index contributed by atoms with van der Waals surface area (Å²) in [6.07, 6.45) is 0.366. The molecule has 0 aliphatic carbocycles. The molecular formula is C16H16N4O2S. The molecule has 0 fully saturated rings. The first kappa shape index (κ1) is 15.5. The third-order valence-electron chi connectivity index (χ3n) is 3.16. The maximum absolute atomic E-state index is 11.9. The molecule has 0 saturated carbocycles. The Labute approximate surface area is 137 Å². The summed E-state index contributed by atoms with van der Waals surface area (Å²) in [5.41, 5.74) is 2.62. The Morgan fingerprint density at radius 3 is 2.65 bits per heavy atom. The predicted molar refractivity (Wildman–Crippen MR) is 89.5 cm³/mol. The lowest BCUT2D eigenvalue weighted by Crippen LogP contribution is -2.12. The Hall–Kier alpha value is -2.41. The van der Waals surface area contributed by atoms with E-state index in [1.54, 1.807) is 13.0 Å². The van der Waals surface area contributed by atoms with Crippen LogP contribution in [-0.2, 0) is 4.79 Å². The molecule has 0 saturated heterocycles. The number of aromatic nitrogens is 3. The van der Waals surface area contributed by atoms with Gasteiger partial charge in [0.1, 0.15) is 10.8 Å². The quantitative estimate of drug-likeness (QED) is 0.723. The van der Waals surface area contributed by atoms with Gasteiger partial charge in [-0.25, -0.2) is 9.97 Å². The Balaban J connectivity index is 1.58. The molecule has 0 aliphatic rings. The standard InChI is InChI=1S/C16H16N4O2S/c1-10-9-14(20-22-10)19-15(21)7-8-23-16-11(2)17-12-5-3-4-6-13(12)18-16/h3-6,9H,7-8H2,1-2H3,(H,19,20,21). The molecule has 0 radical (unpaired) electrons. The summed E-state index contributed by atoms with van der Waals surface area (Å²) in [5.74, 6) is 1.63. The number of anilines is 1. The molecule has 2 aromatic heterocycles. The van der Waals surface area contributed by atoms with Crippen molar-refractivity contribution in [1.82, 2.24) is 15.1 Å². The zero-order chi connectivity index (χ0) is 16.2. The molecule has 2 heterocycles. The van der Waals surface area contributed by atoms with E-state index in [2.05, 4.69) is 20.4 Å². The van der Waals surface area contributed by atoms with E-state index in [1.807, 2.05) is 31.2 Å². The number of benzene rings is 1. The second-order valence-corrected chi connectivity index (χ2v) is 6.16. The first-order valence-electron chi connectivity index (χ1n) is 7.21. The smallest absolute Gasteiger partial charge is 0.226 e. The number of fused-ring (bicyclic) bond motifs is 1. The average molecular weight is 328 g/mol. The van der Waals surface area contributed by atoms with Gasteiger partial charge >= 0.3 is 0 Å². The van der Waals surface area contributed by atoms with Gasteiger partial charge in [0.05, 0.1) is 16.7 Å².